The Morgan fingerprint density at radius 3 is 1.64 bits per heavy atom. The van der Waals surface area contributed by atoms with Gasteiger partial charge >= 0.3 is 0 Å². The first-order chi connectivity index (χ1) is 28.6. The van der Waals surface area contributed by atoms with Crippen LogP contribution in [0.15, 0.2) is 158 Å². The number of benzene rings is 8. The van der Waals surface area contributed by atoms with Crippen LogP contribution in [0.4, 0.5) is 34.1 Å². The first-order valence-electron chi connectivity index (χ1n) is 20.0. The van der Waals surface area contributed by atoms with Crippen molar-refractivity contribution in [2.45, 2.75) is 40.0 Å². The van der Waals surface area contributed by atoms with Crippen molar-refractivity contribution < 1.29 is 0 Å². The Kier molecular flexibility index (Phi) is 8.20. The van der Waals surface area contributed by atoms with Crippen LogP contribution in [0.5, 0.6) is 0 Å². The summed E-state index contributed by atoms with van der Waals surface area (Å²) in [5, 5.41) is 27.0. The van der Waals surface area contributed by atoms with Crippen molar-refractivity contribution in [2.24, 2.45) is 0 Å². The predicted octanol–water partition coefficient (Wildman–Crippen LogP) is 14.6. The first-order valence-corrected chi connectivity index (χ1v) is 20.0. The molecule has 0 bridgehead atoms. The van der Waals surface area contributed by atoms with E-state index < -0.39 is 0 Å². The Bertz CT molecular complexity index is 3390. The molecule has 0 unspecified atom stereocenters. The number of rotatable bonds is 6. The zero-order chi connectivity index (χ0) is 40.6. The Hall–Kier alpha value is -7.60. The fraction of sp³-hybridized carbons (Fsp3) is 0.111. The Morgan fingerprint density at radius 2 is 1.05 bits per heavy atom. The molecule has 5 heteroatoms. The number of anilines is 6. The van der Waals surface area contributed by atoms with Crippen molar-refractivity contribution in [1.82, 2.24) is 4.40 Å². The molecule has 10 aromatic rings. The number of aryl methyl sites for hydroxylation is 2. The summed E-state index contributed by atoms with van der Waals surface area (Å²) in [6.45, 7) is 11.1. The van der Waals surface area contributed by atoms with Crippen molar-refractivity contribution in [2.75, 3.05) is 9.80 Å². The molecular weight excluding hydrogens is 719 g/mol. The third kappa shape index (κ3) is 5.74. The summed E-state index contributed by atoms with van der Waals surface area (Å²) in [5.41, 5.74) is 14.3. The van der Waals surface area contributed by atoms with Gasteiger partial charge in [0.25, 0.3) is 0 Å². The Balaban J connectivity index is 1.29. The largest absolute Gasteiger partial charge is 0.310 e. The quantitative estimate of drug-likeness (QED) is 0.169. The molecule has 0 aliphatic rings. The van der Waals surface area contributed by atoms with Gasteiger partial charge in [0.2, 0.25) is 0 Å². The molecule has 0 radical (unpaired) electrons. The number of aromatic nitrogens is 1. The summed E-state index contributed by atoms with van der Waals surface area (Å²) in [6, 6.07) is 60.2. The summed E-state index contributed by atoms with van der Waals surface area (Å²) < 4.78 is 2.47. The lowest BCUT2D eigenvalue weighted by atomic mass is 9.86. The fourth-order valence-electron chi connectivity index (χ4n) is 8.97. The predicted molar refractivity (Wildman–Crippen MR) is 246 cm³/mol. The minimum Gasteiger partial charge on any atom is -0.310 e. The second kappa shape index (κ2) is 13.5. The molecule has 0 N–H and O–H groups in total. The number of hydrogen-bond donors (Lipinski definition) is 0. The van der Waals surface area contributed by atoms with E-state index in [-0.39, 0.29) is 5.41 Å². The average molecular weight is 760 g/mol. The highest BCUT2D eigenvalue weighted by atomic mass is 15.2. The summed E-state index contributed by atoms with van der Waals surface area (Å²) in [4.78, 5) is 4.54. The van der Waals surface area contributed by atoms with Crippen LogP contribution >= 0.6 is 0 Å². The van der Waals surface area contributed by atoms with E-state index in [0.29, 0.717) is 11.1 Å². The molecule has 5 nitrogen and oxygen atoms in total. The molecule has 8 aromatic carbocycles. The number of nitriles is 2. The lowest BCUT2D eigenvalue weighted by Crippen LogP contribution is -2.11. The van der Waals surface area contributed by atoms with Gasteiger partial charge in [-0.2, -0.15) is 10.5 Å². The molecule has 0 saturated carbocycles. The molecule has 2 heterocycles. The third-order valence-electron chi connectivity index (χ3n) is 11.9. The molecular formula is C54H41N5. The first kappa shape index (κ1) is 35.8. The van der Waals surface area contributed by atoms with Crippen molar-refractivity contribution >= 4 is 83.0 Å². The smallest absolute Gasteiger partial charge is 0.0992 e. The standard InChI is InChI=1S/C54H41N5/c1-34-12-6-8-18-48(34)57(40-16-10-14-36(26-40)32-55)42-22-20-38-28-46-44-24-23-43(58(49-19-9-7-13-35(49)2)41-17-11-15-37(27-41)33-56)31-51(44)59-50-25-21-39(54(3,4)5)29-47(50)52(53(46)59)45(38)30-42/h6-31H,1-5H3. The van der Waals surface area contributed by atoms with E-state index in [2.05, 4.69) is 182 Å². The van der Waals surface area contributed by atoms with E-state index in [0.717, 1.165) is 56.3 Å². The van der Waals surface area contributed by atoms with Gasteiger partial charge in [-0.3, -0.25) is 0 Å². The van der Waals surface area contributed by atoms with Gasteiger partial charge in [-0.25, -0.2) is 0 Å². The fourth-order valence-corrected chi connectivity index (χ4v) is 8.97. The highest BCUT2D eigenvalue weighted by Gasteiger charge is 2.25. The van der Waals surface area contributed by atoms with Gasteiger partial charge in [0.05, 0.1) is 39.8 Å². The lowest BCUT2D eigenvalue weighted by molar-refractivity contribution is 0.591. The average Bonchev–Trinajstić information content (AvgIpc) is 3.76. The van der Waals surface area contributed by atoms with E-state index in [4.69, 9.17) is 0 Å². The van der Waals surface area contributed by atoms with E-state index in [9.17, 15) is 10.5 Å². The highest BCUT2D eigenvalue weighted by molar-refractivity contribution is 6.32. The molecule has 59 heavy (non-hydrogen) atoms. The van der Waals surface area contributed by atoms with E-state index >= 15 is 0 Å². The van der Waals surface area contributed by atoms with Gasteiger partial charge in [0, 0.05) is 55.7 Å². The van der Waals surface area contributed by atoms with Crippen LogP contribution in [0.2, 0.25) is 0 Å². The van der Waals surface area contributed by atoms with Crippen LogP contribution in [-0.2, 0) is 5.41 Å². The molecule has 282 valence electrons. The van der Waals surface area contributed by atoms with Crippen LogP contribution in [0.25, 0.3) is 48.9 Å². The molecule has 0 fully saturated rings. The summed E-state index contributed by atoms with van der Waals surface area (Å²) >= 11 is 0. The molecule has 2 aromatic heterocycles. The molecule has 0 atom stereocenters. The van der Waals surface area contributed by atoms with Crippen molar-refractivity contribution in [3.63, 3.8) is 0 Å². The Morgan fingerprint density at radius 1 is 0.475 bits per heavy atom. The zero-order valence-corrected chi connectivity index (χ0v) is 33.7. The summed E-state index contributed by atoms with van der Waals surface area (Å²) in [5.74, 6) is 0. The van der Waals surface area contributed by atoms with Crippen molar-refractivity contribution in [1.29, 1.82) is 10.5 Å². The second-order valence-corrected chi connectivity index (χ2v) is 16.6. The molecule has 10 rings (SSSR count). The summed E-state index contributed by atoms with van der Waals surface area (Å²) in [6.07, 6.45) is 0. The van der Waals surface area contributed by atoms with Gasteiger partial charge in [-0.15, -0.1) is 0 Å². The lowest BCUT2D eigenvalue weighted by Gasteiger charge is -2.27. The number of hydrogen-bond acceptors (Lipinski definition) is 4. The van der Waals surface area contributed by atoms with Gasteiger partial charge in [-0.1, -0.05) is 87.5 Å². The third-order valence-corrected chi connectivity index (χ3v) is 11.9. The van der Waals surface area contributed by atoms with E-state index in [1.807, 2.05) is 36.4 Å². The minimum absolute atomic E-state index is 0.0458. The maximum absolute atomic E-state index is 9.90. The van der Waals surface area contributed by atoms with Gasteiger partial charge < -0.3 is 14.2 Å². The number of nitrogens with zero attached hydrogens (tertiary/aromatic N) is 5. The monoisotopic (exact) mass is 759 g/mol. The number of fused-ring (bicyclic) bond motifs is 8. The minimum atomic E-state index is -0.0458. The molecule has 0 spiro atoms. The van der Waals surface area contributed by atoms with Gasteiger partial charge in [0.15, 0.2) is 0 Å². The topological polar surface area (TPSA) is 58.5 Å². The van der Waals surface area contributed by atoms with E-state index in [1.165, 1.54) is 43.4 Å². The molecule has 0 aliphatic heterocycles. The SMILES string of the molecule is Cc1ccccc1N(c1cccc(C#N)c1)c1ccc2cc3c4ccc(N(c5cccc(C#N)c5)c5ccccc5C)cc4n4c5ccc(C(C)(C)C)cc5c(c2c1)c34. The van der Waals surface area contributed by atoms with Crippen molar-refractivity contribution in [3.8, 4) is 12.1 Å². The van der Waals surface area contributed by atoms with Gasteiger partial charge in [0.1, 0.15) is 0 Å². The Labute approximate surface area is 344 Å². The maximum Gasteiger partial charge on any atom is 0.0992 e. The molecule has 0 aliphatic carbocycles. The second-order valence-electron chi connectivity index (χ2n) is 16.6. The van der Waals surface area contributed by atoms with Crippen molar-refractivity contribution in [3.05, 3.63) is 186 Å². The van der Waals surface area contributed by atoms with Crippen LogP contribution < -0.4 is 9.80 Å². The number of para-hydroxylation sites is 2. The van der Waals surface area contributed by atoms with Gasteiger partial charge in [-0.05, 0) is 138 Å². The zero-order valence-electron chi connectivity index (χ0n) is 33.7. The van der Waals surface area contributed by atoms with Crippen LogP contribution in [-0.4, -0.2) is 4.40 Å². The molecule has 0 saturated heterocycles. The molecule has 0 amide bonds. The van der Waals surface area contributed by atoms with Crippen LogP contribution in [0.1, 0.15) is 48.6 Å². The van der Waals surface area contributed by atoms with E-state index in [1.54, 1.807) is 0 Å². The maximum atomic E-state index is 9.90. The van der Waals surface area contributed by atoms with Crippen LogP contribution in [0.3, 0.4) is 0 Å². The van der Waals surface area contributed by atoms with Crippen LogP contribution in [0, 0.1) is 36.5 Å². The highest BCUT2D eigenvalue weighted by Crippen LogP contribution is 2.48. The summed E-state index contributed by atoms with van der Waals surface area (Å²) in [7, 11) is 0. The normalized spacial score (nSPS) is 11.8.